The number of hydrogen-bond donors (Lipinski definition) is 2. The van der Waals surface area contributed by atoms with E-state index in [1.54, 1.807) is 6.07 Å². The number of rotatable bonds is 3. The lowest BCUT2D eigenvalue weighted by molar-refractivity contribution is 0.0699. The number of aryl methyl sites for hydroxylation is 1. The minimum Gasteiger partial charge on any atom is -0.478 e. The lowest BCUT2D eigenvalue weighted by Gasteiger charge is -2.06. The van der Waals surface area contributed by atoms with Crippen molar-refractivity contribution in [2.24, 2.45) is 0 Å². The Hall–Kier alpha value is -2.10. The molecular weight excluding hydrogens is 448 g/mol. The summed E-state index contributed by atoms with van der Waals surface area (Å²) in [7, 11) is 0. The second-order valence-corrected chi connectivity index (χ2v) is 7.81. The Kier molecular flexibility index (Phi) is 6.63. The number of halogens is 3. The van der Waals surface area contributed by atoms with E-state index in [9.17, 15) is 18.4 Å². The summed E-state index contributed by atoms with van der Waals surface area (Å²) < 4.78 is 28.2. The maximum atomic E-state index is 13.8. The van der Waals surface area contributed by atoms with Crippen molar-refractivity contribution in [3.8, 4) is 11.1 Å². The fourth-order valence-electron chi connectivity index (χ4n) is 2.04. The van der Waals surface area contributed by atoms with Gasteiger partial charge in [0.05, 0.1) is 4.88 Å². The van der Waals surface area contributed by atoms with E-state index in [-0.39, 0.29) is 27.3 Å². The van der Waals surface area contributed by atoms with Gasteiger partial charge in [0, 0.05) is 26.4 Å². The number of carboxylic acid groups (broad SMARTS) is 1. The fourth-order valence-corrected chi connectivity index (χ4v) is 4.09. The number of benzene rings is 1. The quantitative estimate of drug-likeness (QED) is 0.499. The molecule has 0 saturated heterocycles. The summed E-state index contributed by atoms with van der Waals surface area (Å²) in [6.07, 6.45) is 0.843. The third-order valence-electron chi connectivity index (χ3n) is 3.30. The topological polar surface area (TPSA) is 80.4 Å². The highest BCUT2D eigenvalue weighted by Crippen LogP contribution is 2.36. The van der Waals surface area contributed by atoms with Gasteiger partial charge in [0.1, 0.15) is 10.6 Å². The molecule has 0 fully saturated rings. The van der Waals surface area contributed by atoms with Crippen molar-refractivity contribution in [3.63, 3.8) is 0 Å². The van der Waals surface area contributed by atoms with Crippen molar-refractivity contribution in [2.75, 3.05) is 5.73 Å². The largest absolute Gasteiger partial charge is 0.478 e. The van der Waals surface area contributed by atoms with E-state index in [0.29, 0.717) is 0 Å². The number of hydrogen-bond acceptors (Lipinski definition) is 5. The predicted octanol–water partition coefficient (Wildman–Crippen LogP) is 5.61. The third-order valence-corrected chi connectivity index (χ3v) is 5.73. The van der Waals surface area contributed by atoms with Gasteiger partial charge in [-0.1, -0.05) is 12.1 Å². The first-order valence-corrected chi connectivity index (χ1v) is 9.56. The number of thiophene rings is 2. The molecule has 0 unspecified atom stereocenters. The van der Waals surface area contributed by atoms with E-state index in [1.165, 1.54) is 35.8 Å². The van der Waals surface area contributed by atoms with Crippen LogP contribution >= 0.6 is 38.6 Å². The first-order chi connectivity index (χ1) is 12.3. The van der Waals surface area contributed by atoms with Crippen molar-refractivity contribution >= 4 is 55.9 Å². The third kappa shape index (κ3) is 4.35. The van der Waals surface area contributed by atoms with Crippen molar-refractivity contribution in [1.82, 2.24) is 0 Å². The average Bonchev–Trinajstić information content (AvgIpc) is 3.19. The maximum Gasteiger partial charge on any atom is 0.339 e. The number of anilines is 1. The molecule has 136 valence electrons. The van der Waals surface area contributed by atoms with Gasteiger partial charge in [0.15, 0.2) is 17.9 Å². The Morgan fingerprint density at radius 3 is 2.38 bits per heavy atom. The van der Waals surface area contributed by atoms with Crippen LogP contribution in [0.1, 0.15) is 25.6 Å². The average molecular weight is 460 g/mol. The Morgan fingerprint density at radius 2 is 1.88 bits per heavy atom. The van der Waals surface area contributed by atoms with E-state index < -0.39 is 17.6 Å². The number of carbonyl (C=O) groups is 2. The van der Waals surface area contributed by atoms with Gasteiger partial charge in [-0.3, -0.25) is 4.79 Å². The van der Waals surface area contributed by atoms with Crippen molar-refractivity contribution in [2.45, 2.75) is 6.92 Å². The molecule has 0 spiro atoms. The van der Waals surface area contributed by atoms with Crippen LogP contribution in [0.15, 0.2) is 33.4 Å². The molecule has 9 heteroatoms. The lowest BCUT2D eigenvalue weighted by Crippen LogP contribution is -2.02. The summed E-state index contributed by atoms with van der Waals surface area (Å²) in [5.74, 6) is -3.30. The zero-order valence-electron chi connectivity index (χ0n) is 13.3. The van der Waals surface area contributed by atoms with Gasteiger partial charge >= 0.3 is 5.97 Å². The second-order valence-electron chi connectivity index (χ2n) is 5.04. The van der Waals surface area contributed by atoms with Crippen LogP contribution in [0.4, 0.5) is 13.8 Å². The van der Waals surface area contributed by atoms with Gasteiger partial charge < -0.3 is 10.8 Å². The summed E-state index contributed by atoms with van der Waals surface area (Å²) in [5, 5.41) is 12.4. The number of carboxylic acids is 1. The molecule has 3 aromatic rings. The molecule has 0 aliphatic rings. The van der Waals surface area contributed by atoms with Gasteiger partial charge in [-0.15, -0.1) is 22.7 Å². The standard InChI is InChI=1S/C12H9F2NO2S.C5H3BrOS/c1-5-2-3-6(10(14)9(5)13)7-4-18-11(15)8(7)12(16)17;6-4-1-5(2-7)8-3-4/h2-4H,15H2,1H3,(H,16,17);1-3H. The molecule has 3 N–H and O–H groups in total. The molecule has 3 rings (SSSR count). The van der Waals surface area contributed by atoms with Gasteiger partial charge in [0.2, 0.25) is 0 Å². The molecule has 0 amide bonds. The SMILES string of the molecule is Cc1ccc(-c2csc(N)c2C(=O)O)c(F)c1F.O=Cc1cc(Br)cs1. The molecule has 0 aliphatic carbocycles. The number of aldehydes is 1. The van der Waals surface area contributed by atoms with Crippen molar-refractivity contribution < 1.29 is 23.5 Å². The summed E-state index contributed by atoms with van der Waals surface area (Å²) in [6, 6.07) is 4.53. The summed E-state index contributed by atoms with van der Waals surface area (Å²) in [5.41, 5.74) is 5.49. The molecule has 4 nitrogen and oxygen atoms in total. The highest BCUT2D eigenvalue weighted by molar-refractivity contribution is 9.10. The van der Waals surface area contributed by atoms with Gasteiger partial charge in [0.25, 0.3) is 0 Å². The van der Waals surface area contributed by atoms with Gasteiger partial charge in [-0.2, -0.15) is 0 Å². The van der Waals surface area contributed by atoms with Crippen LogP contribution in [0.3, 0.4) is 0 Å². The normalized spacial score (nSPS) is 10.2. The van der Waals surface area contributed by atoms with E-state index in [4.69, 9.17) is 10.8 Å². The van der Waals surface area contributed by atoms with Crippen LogP contribution in [-0.2, 0) is 0 Å². The number of nitrogen functional groups attached to an aromatic ring is 1. The minimum absolute atomic E-state index is 0.0675. The Labute approximate surface area is 164 Å². The maximum absolute atomic E-state index is 13.8. The molecular formula is C17H12BrF2NO3S2. The first kappa shape index (κ1) is 20.2. The summed E-state index contributed by atoms with van der Waals surface area (Å²) in [4.78, 5) is 21.8. The highest BCUT2D eigenvalue weighted by Gasteiger charge is 2.21. The monoisotopic (exact) mass is 459 g/mol. The van der Waals surface area contributed by atoms with E-state index in [2.05, 4.69) is 15.9 Å². The molecule has 2 aromatic heterocycles. The van der Waals surface area contributed by atoms with Crippen LogP contribution in [-0.4, -0.2) is 17.4 Å². The number of nitrogens with two attached hydrogens (primary N) is 1. The summed E-state index contributed by atoms with van der Waals surface area (Å²) in [6.45, 7) is 1.43. The Morgan fingerprint density at radius 1 is 1.19 bits per heavy atom. The Bertz CT molecular complexity index is 969. The number of aromatic carboxylic acids is 1. The predicted molar refractivity (Wildman–Crippen MR) is 103 cm³/mol. The van der Waals surface area contributed by atoms with Crippen LogP contribution in [0.5, 0.6) is 0 Å². The molecule has 0 saturated carbocycles. The first-order valence-electron chi connectivity index (χ1n) is 7.00. The van der Waals surface area contributed by atoms with Crippen molar-refractivity contribution in [1.29, 1.82) is 0 Å². The number of carbonyl (C=O) groups excluding carboxylic acids is 1. The highest BCUT2D eigenvalue weighted by atomic mass is 79.9. The molecule has 0 aliphatic heterocycles. The molecule has 0 radical (unpaired) electrons. The second kappa shape index (κ2) is 8.52. The Balaban J connectivity index is 0.000000254. The zero-order chi connectivity index (χ0) is 19.4. The van der Waals surface area contributed by atoms with Gasteiger partial charge in [-0.05, 0) is 34.5 Å². The van der Waals surface area contributed by atoms with E-state index >= 15 is 0 Å². The van der Waals surface area contributed by atoms with E-state index in [1.807, 2.05) is 5.38 Å². The van der Waals surface area contributed by atoms with Crippen molar-refractivity contribution in [3.05, 3.63) is 61.1 Å². The molecule has 0 bridgehead atoms. The lowest BCUT2D eigenvalue weighted by atomic mass is 10.0. The molecule has 1 aromatic carbocycles. The molecule has 0 atom stereocenters. The van der Waals surface area contributed by atoms with Crippen LogP contribution in [0, 0.1) is 18.6 Å². The van der Waals surface area contributed by atoms with Crippen LogP contribution in [0.2, 0.25) is 0 Å². The van der Waals surface area contributed by atoms with Gasteiger partial charge in [-0.25, -0.2) is 13.6 Å². The smallest absolute Gasteiger partial charge is 0.339 e. The van der Waals surface area contributed by atoms with Crippen LogP contribution < -0.4 is 5.73 Å². The van der Waals surface area contributed by atoms with Crippen LogP contribution in [0.25, 0.3) is 11.1 Å². The van der Waals surface area contributed by atoms with E-state index in [0.717, 1.165) is 27.0 Å². The fraction of sp³-hybridized carbons (Fsp3) is 0.0588. The zero-order valence-corrected chi connectivity index (χ0v) is 16.5. The minimum atomic E-state index is -1.26. The molecule has 26 heavy (non-hydrogen) atoms. The molecule has 2 heterocycles. The summed E-state index contributed by atoms with van der Waals surface area (Å²) >= 11 is 5.64.